The van der Waals surface area contributed by atoms with Gasteiger partial charge in [0.25, 0.3) is 5.91 Å². The van der Waals surface area contributed by atoms with Crippen LogP contribution in [-0.2, 0) is 10.5 Å². The molecule has 0 fully saturated rings. The Labute approximate surface area is 167 Å². The van der Waals surface area contributed by atoms with Gasteiger partial charge in [-0.25, -0.2) is 0 Å². The smallest absolute Gasteiger partial charge is 0.260 e. The van der Waals surface area contributed by atoms with Crippen LogP contribution in [0.3, 0.4) is 0 Å². The minimum Gasteiger partial charge on any atom is -0.481 e. The Morgan fingerprint density at radius 1 is 1.16 bits per heavy atom. The van der Waals surface area contributed by atoms with Gasteiger partial charge in [-0.15, -0.1) is 0 Å². The van der Waals surface area contributed by atoms with Crippen LogP contribution in [0.2, 0.25) is 15.1 Å². The summed E-state index contributed by atoms with van der Waals surface area (Å²) in [6.07, 6.45) is -0.585. The van der Waals surface area contributed by atoms with Gasteiger partial charge < -0.3 is 10.1 Å². The lowest BCUT2D eigenvalue weighted by atomic mass is 10.2. The van der Waals surface area contributed by atoms with Gasteiger partial charge in [-0.3, -0.25) is 4.79 Å². The summed E-state index contributed by atoms with van der Waals surface area (Å²) in [7, 11) is 0. The van der Waals surface area contributed by atoms with Crippen molar-refractivity contribution in [1.82, 2.24) is 5.32 Å². The van der Waals surface area contributed by atoms with Crippen molar-refractivity contribution in [2.45, 2.75) is 18.8 Å². The molecule has 0 spiro atoms. The first kappa shape index (κ1) is 20.2. The number of carbonyl (C=O) groups is 1. The highest BCUT2D eigenvalue weighted by molar-refractivity contribution is 7.98. The largest absolute Gasteiger partial charge is 0.481 e. The van der Waals surface area contributed by atoms with Gasteiger partial charge in [0, 0.05) is 23.1 Å². The van der Waals surface area contributed by atoms with Gasteiger partial charge in [-0.05, 0) is 42.8 Å². The van der Waals surface area contributed by atoms with Gasteiger partial charge in [0.1, 0.15) is 5.75 Å². The van der Waals surface area contributed by atoms with Crippen molar-refractivity contribution in [2.75, 3.05) is 12.3 Å². The third-order valence-electron chi connectivity index (χ3n) is 3.28. The van der Waals surface area contributed by atoms with Crippen molar-refractivity contribution >= 4 is 52.5 Å². The number of halogens is 3. The van der Waals surface area contributed by atoms with Crippen molar-refractivity contribution in [3.05, 3.63) is 63.1 Å². The Balaban J connectivity index is 1.66. The number of thioether (sulfide) groups is 1. The summed E-state index contributed by atoms with van der Waals surface area (Å²) in [5.41, 5.74) is 1.10. The van der Waals surface area contributed by atoms with Crippen LogP contribution in [0.5, 0.6) is 5.75 Å². The fourth-order valence-corrected chi connectivity index (χ4v) is 3.31. The van der Waals surface area contributed by atoms with Crippen LogP contribution in [0.15, 0.2) is 42.5 Å². The third-order valence-corrected chi connectivity index (χ3v) is 5.28. The SMILES string of the molecule is C[C@@H](Oc1cccc(Cl)c1)C(=O)NCCSCc1ccc(Cl)c(Cl)c1. The summed E-state index contributed by atoms with van der Waals surface area (Å²) in [5.74, 6) is 2.01. The summed E-state index contributed by atoms with van der Waals surface area (Å²) in [4.78, 5) is 12.0. The van der Waals surface area contributed by atoms with Crippen LogP contribution < -0.4 is 10.1 Å². The summed E-state index contributed by atoms with van der Waals surface area (Å²) in [6, 6.07) is 12.6. The molecule has 0 aliphatic carbocycles. The molecule has 0 saturated heterocycles. The van der Waals surface area contributed by atoms with E-state index in [4.69, 9.17) is 39.5 Å². The summed E-state index contributed by atoms with van der Waals surface area (Å²) < 4.78 is 5.58. The topological polar surface area (TPSA) is 38.3 Å². The number of amides is 1. The van der Waals surface area contributed by atoms with Gasteiger partial charge in [0.05, 0.1) is 10.0 Å². The van der Waals surface area contributed by atoms with Crippen molar-refractivity contribution in [3.63, 3.8) is 0 Å². The zero-order chi connectivity index (χ0) is 18.2. The maximum atomic E-state index is 12.0. The molecule has 0 aliphatic heterocycles. The minimum atomic E-state index is -0.585. The van der Waals surface area contributed by atoms with Crippen LogP contribution in [0.1, 0.15) is 12.5 Å². The predicted octanol–water partition coefficient (Wildman–Crippen LogP) is 5.46. The number of carbonyl (C=O) groups excluding carboxylic acids is 1. The standard InChI is InChI=1S/C18H18Cl3NO2S/c1-12(24-15-4-2-3-14(19)10-15)18(23)22-7-8-25-11-13-5-6-16(20)17(21)9-13/h2-6,9-10,12H,7-8,11H2,1H3,(H,22,23)/t12-/m1/s1. The van der Waals surface area contributed by atoms with Crippen molar-refractivity contribution in [1.29, 1.82) is 0 Å². The number of benzene rings is 2. The first-order valence-electron chi connectivity index (χ1n) is 7.67. The van der Waals surface area contributed by atoms with E-state index in [1.165, 1.54) is 0 Å². The van der Waals surface area contributed by atoms with E-state index in [0.717, 1.165) is 17.1 Å². The van der Waals surface area contributed by atoms with Crippen LogP contribution in [-0.4, -0.2) is 24.3 Å². The molecule has 3 nitrogen and oxygen atoms in total. The lowest BCUT2D eigenvalue weighted by Gasteiger charge is -2.14. The molecule has 134 valence electrons. The Kier molecular flexibility index (Phi) is 8.24. The molecule has 7 heteroatoms. The molecule has 1 N–H and O–H groups in total. The summed E-state index contributed by atoms with van der Waals surface area (Å²) >= 11 is 19.5. The molecule has 0 bridgehead atoms. The van der Waals surface area contributed by atoms with Crippen LogP contribution >= 0.6 is 46.6 Å². The highest BCUT2D eigenvalue weighted by Gasteiger charge is 2.14. The lowest BCUT2D eigenvalue weighted by molar-refractivity contribution is -0.127. The van der Waals surface area contributed by atoms with E-state index in [-0.39, 0.29) is 5.91 Å². The van der Waals surface area contributed by atoms with Crippen LogP contribution in [0.4, 0.5) is 0 Å². The van der Waals surface area contributed by atoms with E-state index in [2.05, 4.69) is 5.32 Å². The Bertz CT molecular complexity index is 727. The molecule has 25 heavy (non-hydrogen) atoms. The Morgan fingerprint density at radius 2 is 1.96 bits per heavy atom. The van der Waals surface area contributed by atoms with E-state index in [1.807, 2.05) is 12.1 Å². The second-order valence-corrected chi connectivity index (χ2v) is 7.67. The van der Waals surface area contributed by atoms with Crippen LogP contribution in [0.25, 0.3) is 0 Å². The quantitative estimate of drug-likeness (QED) is 0.578. The van der Waals surface area contributed by atoms with Gasteiger partial charge in [-0.2, -0.15) is 11.8 Å². The molecule has 2 aromatic carbocycles. The Hall–Kier alpha value is -1.07. The van der Waals surface area contributed by atoms with E-state index >= 15 is 0 Å². The minimum absolute atomic E-state index is 0.157. The molecule has 1 amide bonds. The molecule has 1 atom stereocenters. The first-order chi connectivity index (χ1) is 12.0. The highest BCUT2D eigenvalue weighted by atomic mass is 35.5. The maximum absolute atomic E-state index is 12.0. The lowest BCUT2D eigenvalue weighted by Crippen LogP contribution is -2.37. The molecular formula is C18H18Cl3NO2S. The molecule has 2 aromatic rings. The van der Waals surface area contributed by atoms with E-state index in [0.29, 0.717) is 27.4 Å². The van der Waals surface area contributed by atoms with Gasteiger partial charge in [-0.1, -0.05) is 46.9 Å². The van der Waals surface area contributed by atoms with Crippen molar-refractivity contribution in [3.8, 4) is 5.75 Å². The summed E-state index contributed by atoms with van der Waals surface area (Å²) in [5, 5.41) is 4.54. The molecule has 0 aromatic heterocycles. The number of hydrogen-bond acceptors (Lipinski definition) is 3. The fourth-order valence-electron chi connectivity index (χ4n) is 2.01. The fraction of sp³-hybridized carbons (Fsp3) is 0.278. The third kappa shape index (κ3) is 6.98. The summed E-state index contributed by atoms with van der Waals surface area (Å²) in [6.45, 7) is 2.27. The van der Waals surface area contributed by atoms with Crippen LogP contribution in [0, 0.1) is 0 Å². The number of ether oxygens (including phenoxy) is 1. The van der Waals surface area contributed by atoms with Crippen molar-refractivity contribution in [2.24, 2.45) is 0 Å². The average Bonchev–Trinajstić information content (AvgIpc) is 2.57. The monoisotopic (exact) mass is 417 g/mol. The molecule has 0 radical (unpaired) electrons. The highest BCUT2D eigenvalue weighted by Crippen LogP contribution is 2.24. The van der Waals surface area contributed by atoms with Gasteiger partial charge in [0.15, 0.2) is 6.10 Å². The molecule has 0 unspecified atom stereocenters. The number of rotatable bonds is 8. The maximum Gasteiger partial charge on any atom is 0.260 e. The van der Waals surface area contributed by atoms with Gasteiger partial charge in [0.2, 0.25) is 0 Å². The molecule has 0 saturated carbocycles. The zero-order valence-corrected chi connectivity index (χ0v) is 16.7. The van der Waals surface area contributed by atoms with Crippen molar-refractivity contribution < 1.29 is 9.53 Å². The zero-order valence-electron chi connectivity index (χ0n) is 13.6. The second kappa shape index (κ2) is 10.2. The van der Waals surface area contributed by atoms with Gasteiger partial charge >= 0.3 is 0 Å². The average molecular weight is 419 g/mol. The van der Waals surface area contributed by atoms with E-state index in [1.54, 1.807) is 49.0 Å². The molecular weight excluding hydrogens is 401 g/mol. The molecule has 0 aliphatic rings. The molecule has 0 heterocycles. The number of nitrogens with one attached hydrogen (secondary N) is 1. The number of hydrogen-bond donors (Lipinski definition) is 1. The normalized spacial score (nSPS) is 11.8. The first-order valence-corrected chi connectivity index (χ1v) is 9.96. The molecule has 2 rings (SSSR count). The van der Waals surface area contributed by atoms with E-state index in [9.17, 15) is 4.79 Å². The Morgan fingerprint density at radius 3 is 2.68 bits per heavy atom. The second-order valence-electron chi connectivity index (χ2n) is 5.31. The van der Waals surface area contributed by atoms with E-state index < -0.39 is 6.10 Å². The predicted molar refractivity (Wildman–Crippen MR) is 107 cm³/mol.